The number of hydrogen-bond donors (Lipinski definition) is 2. The Labute approximate surface area is 159 Å². The van der Waals surface area contributed by atoms with Crippen molar-refractivity contribution in [3.63, 3.8) is 0 Å². The first-order valence-electron chi connectivity index (χ1n) is 7.40. The second-order valence-corrected chi connectivity index (χ2v) is 8.31. The summed E-state index contributed by atoms with van der Waals surface area (Å²) in [7, 11) is -2.17. The summed E-state index contributed by atoms with van der Waals surface area (Å²) >= 11 is 12.5. The molecule has 2 heterocycles. The minimum absolute atomic E-state index is 0.0753. The maximum atomic E-state index is 11.9. The number of halogens is 2. The maximum absolute atomic E-state index is 11.9. The van der Waals surface area contributed by atoms with E-state index in [-0.39, 0.29) is 29.0 Å². The van der Waals surface area contributed by atoms with Crippen LogP contribution in [0.5, 0.6) is 5.75 Å². The summed E-state index contributed by atoms with van der Waals surface area (Å²) in [5, 5.41) is 10.00. The van der Waals surface area contributed by atoms with Gasteiger partial charge in [0.2, 0.25) is 15.9 Å². The molecule has 0 aliphatic carbocycles. The van der Waals surface area contributed by atoms with Gasteiger partial charge in [0.25, 0.3) is 0 Å². The SMILES string of the molecule is COc1cc2c3c(c(NS(C)(=O)=O)nc2c(Cl)c1Cl)CN(C(=O)CO)C3. The number of pyridine rings is 1. The highest BCUT2D eigenvalue weighted by molar-refractivity contribution is 7.92. The van der Waals surface area contributed by atoms with E-state index in [2.05, 4.69) is 9.71 Å². The second-order valence-electron chi connectivity index (χ2n) is 5.80. The molecule has 0 radical (unpaired) electrons. The number of anilines is 1. The number of carbonyl (C=O) groups is 1. The summed E-state index contributed by atoms with van der Waals surface area (Å²) in [5.74, 6) is -0.0676. The number of nitrogens with one attached hydrogen (secondary N) is 1. The first-order valence-corrected chi connectivity index (χ1v) is 10.0. The number of aromatic nitrogens is 1. The predicted octanol–water partition coefficient (Wildman–Crippen LogP) is 1.76. The Kier molecular flexibility index (Phi) is 4.91. The molecule has 0 atom stereocenters. The number of carbonyl (C=O) groups excluding carboxylic acids is 1. The van der Waals surface area contributed by atoms with E-state index < -0.39 is 22.5 Å². The molecule has 1 aromatic heterocycles. The van der Waals surface area contributed by atoms with Gasteiger partial charge in [-0.15, -0.1) is 0 Å². The van der Waals surface area contributed by atoms with Crippen molar-refractivity contribution < 1.29 is 23.1 Å². The number of fused-ring (bicyclic) bond motifs is 3. The van der Waals surface area contributed by atoms with E-state index in [4.69, 9.17) is 33.0 Å². The van der Waals surface area contributed by atoms with Gasteiger partial charge in [0, 0.05) is 17.5 Å². The molecule has 0 bridgehead atoms. The van der Waals surface area contributed by atoms with Gasteiger partial charge in [-0.3, -0.25) is 9.52 Å². The van der Waals surface area contributed by atoms with Gasteiger partial charge >= 0.3 is 0 Å². The Balaban J connectivity index is 2.30. The zero-order valence-electron chi connectivity index (χ0n) is 13.8. The molecule has 1 amide bonds. The van der Waals surface area contributed by atoms with Gasteiger partial charge in [-0.2, -0.15) is 0 Å². The molecule has 26 heavy (non-hydrogen) atoms. The third-order valence-electron chi connectivity index (χ3n) is 4.03. The molecule has 2 N–H and O–H groups in total. The number of nitrogens with zero attached hydrogens (tertiary/aromatic N) is 2. The van der Waals surface area contributed by atoms with Crippen LogP contribution in [0.2, 0.25) is 10.0 Å². The minimum atomic E-state index is -3.61. The zero-order chi connectivity index (χ0) is 19.2. The van der Waals surface area contributed by atoms with Crippen LogP contribution in [-0.2, 0) is 27.9 Å². The van der Waals surface area contributed by atoms with E-state index in [9.17, 15) is 13.2 Å². The number of ether oxygens (including phenoxy) is 1. The van der Waals surface area contributed by atoms with E-state index in [0.29, 0.717) is 27.8 Å². The van der Waals surface area contributed by atoms with Crippen LogP contribution in [0.3, 0.4) is 0 Å². The molecule has 1 aromatic carbocycles. The van der Waals surface area contributed by atoms with Gasteiger partial charge in [0.05, 0.1) is 30.4 Å². The molecule has 0 saturated heterocycles. The summed E-state index contributed by atoms with van der Waals surface area (Å²) in [6, 6.07) is 1.65. The Morgan fingerprint density at radius 2 is 2.00 bits per heavy atom. The normalized spacial score (nSPS) is 13.8. The van der Waals surface area contributed by atoms with Crippen molar-refractivity contribution in [2.24, 2.45) is 0 Å². The average Bonchev–Trinajstić information content (AvgIpc) is 3.02. The van der Waals surface area contributed by atoms with Crippen LogP contribution < -0.4 is 9.46 Å². The Hall–Kier alpha value is -1.81. The van der Waals surface area contributed by atoms with Gasteiger partial charge < -0.3 is 14.7 Å². The van der Waals surface area contributed by atoms with Crippen LogP contribution in [-0.4, -0.2) is 49.3 Å². The summed E-state index contributed by atoms with van der Waals surface area (Å²) < 4.78 is 31.0. The number of methoxy groups -OCH3 is 1. The molecule has 8 nitrogen and oxygen atoms in total. The van der Waals surface area contributed by atoms with Crippen LogP contribution in [0.25, 0.3) is 10.9 Å². The van der Waals surface area contributed by atoms with Crippen LogP contribution in [0, 0.1) is 0 Å². The van der Waals surface area contributed by atoms with E-state index in [0.717, 1.165) is 6.26 Å². The largest absolute Gasteiger partial charge is 0.495 e. The first kappa shape index (κ1) is 19.0. The Morgan fingerprint density at radius 3 is 2.58 bits per heavy atom. The zero-order valence-corrected chi connectivity index (χ0v) is 16.2. The average molecular weight is 420 g/mol. The van der Waals surface area contributed by atoms with Crippen LogP contribution in [0.15, 0.2) is 6.07 Å². The third kappa shape index (κ3) is 3.27. The lowest BCUT2D eigenvalue weighted by Crippen LogP contribution is -2.28. The van der Waals surface area contributed by atoms with Gasteiger partial charge in [0.15, 0.2) is 0 Å². The van der Waals surface area contributed by atoms with Crippen molar-refractivity contribution in [2.75, 3.05) is 24.7 Å². The van der Waals surface area contributed by atoms with Gasteiger partial charge in [0.1, 0.15) is 23.2 Å². The smallest absolute Gasteiger partial charge is 0.248 e. The molecule has 1 aliphatic heterocycles. The van der Waals surface area contributed by atoms with Gasteiger partial charge in [-0.25, -0.2) is 13.4 Å². The molecule has 0 fully saturated rings. The lowest BCUT2D eigenvalue weighted by atomic mass is 10.0. The van der Waals surface area contributed by atoms with Crippen LogP contribution in [0.1, 0.15) is 11.1 Å². The second kappa shape index (κ2) is 6.73. The third-order valence-corrected chi connectivity index (χ3v) is 5.44. The summed E-state index contributed by atoms with van der Waals surface area (Å²) in [5.41, 5.74) is 1.49. The molecule has 0 saturated carbocycles. The van der Waals surface area contributed by atoms with Crippen molar-refractivity contribution in [3.05, 3.63) is 27.2 Å². The van der Waals surface area contributed by atoms with E-state index in [1.807, 2.05) is 0 Å². The van der Waals surface area contributed by atoms with Crippen molar-refractivity contribution in [2.45, 2.75) is 13.1 Å². The van der Waals surface area contributed by atoms with Gasteiger partial charge in [-0.05, 0) is 11.6 Å². The molecular weight excluding hydrogens is 405 g/mol. The van der Waals surface area contributed by atoms with Crippen molar-refractivity contribution in [1.29, 1.82) is 0 Å². The number of rotatable bonds is 4. The standard InChI is InChI=1S/C15H15Cl2N3O5S/c1-25-10-3-7-8-4-20(11(22)6-21)5-9(8)15(19-26(2,23)24)18-14(7)13(17)12(10)16/h3,21H,4-6H2,1-2H3,(H,18,19). The lowest BCUT2D eigenvalue weighted by Gasteiger charge is -2.14. The summed E-state index contributed by atoms with van der Waals surface area (Å²) in [4.78, 5) is 17.6. The van der Waals surface area contributed by atoms with Crippen LogP contribution >= 0.6 is 23.2 Å². The number of amides is 1. The van der Waals surface area contributed by atoms with E-state index in [1.54, 1.807) is 6.07 Å². The van der Waals surface area contributed by atoms with Crippen molar-refractivity contribution >= 4 is 55.9 Å². The molecule has 0 spiro atoms. The predicted molar refractivity (Wildman–Crippen MR) is 98.1 cm³/mol. The highest BCUT2D eigenvalue weighted by Crippen LogP contribution is 2.43. The molecule has 2 aromatic rings. The van der Waals surface area contributed by atoms with E-state index >= 15 is 0 Å². The lowest BCUT2D eigenvalue weighted by molar-refractivity contribution is -0.134. The molecule has 0 unspecified atom stereocenters. The first-order chi connectivity index (χ1) is 12.2. The number of benzene rings is 1. The fourth-order valence-electron chi connectivity index (χ4n) is 2.89. The monoisotopic (exact) mass is 419 g/mol. The molecule has 1 aliphatic rings. The van der Waals surface area contributed by atoms with Crippen LogP contribution in [0.4, 0.5) is 5.82 Å². The Bertz CT molecular complexity index is 1030. The van der Waals surface area contributed by atoms with Crippen molar-refractivity contribution in [3.8, 4) is 5.75 Å². The highest BCUT2D eigenvalue weighted by Gasteiger charge is 2.30. The number of hydrogen-bond acceptors (Lipinski definition) is 6. The van der Waals surface area contributed by atoms with E-state index in [1.165, 1.54) is 12.0 Å². The number of aliphatic hydroxyl groups excluding tert-OH is 1. The number of sulfonamides is 1. The fourth-order valence-corrected chi connectivity index (χ4v) is 3.87. The minimum Gasteiger partial charge on any atom is -0.495 e. The maximum Gasteiger partial charge on any atom is 0.248 e. The molecular formula is C15H15Cl2N3O5S. The molecule has 11 heteroatoms. The summed E-state index contributed by atoms with van der Waals surface area (Å²) in [6.45, 7) is -0.366. The van der Waals surface area contributed by atoms with Crippen molar-refractivity contribution in [1.82, 2.24) is 9.88 Å². The summed E-state index contributed by atoms with van der Waals surface area (Å²) in [6.07, 6.45) is 0.999. The topological polar surface area (TPSA) is 109 Å². The quantitative estimate of drug-likeness (QED) is 0.781. The highest BCUT2D eigenvalue weighted by atomic mass is 35.5. The fraction of sp³-hybridized carbons (Fsp3) is 0.333. The number of aliphatic hydroxyl groups is 1. The Morgan fingerprint density at radius 1 is 1.35 bits per heavy atom. The molecule has 3 rings (SSSR count). The molecule has 140 valence electrons. The van der Waals surface area contributed by atoms with Gasteiger partial charge in [-0.1, -0.05) is 23.2 Å².